The third-order valence-electron chi connectivity index (χ3n) is 2.82. The Morgan fingerprint density at radius 2 is 2.22 bits per heavy atom. The average Bonchev–Trinajstić information content (AvgIpc) is 2.98. The molecule has 3 aromatic rings. The molecule has 92 valence electrons. The molecule has 0 bridgehead atoms. The van der Waals surface area contributed by atoms with Crippen LogP contribution in [0.2, 0.25) is 0 Å². The first-order valence-corrected chi connectivity index (χ1v) is 6.58. The molecule has 0 aliphatic heterocycles. The van der Waals surface area contributed by atoms with Crippen LogP contribution in [-0.2, 0) is 6.42 Å². The number of hydrogen-bond acceptors (Lipinski definition) is 3. The monoisotopic (exact) mass is 261 g/mol. The van der Waals surface area contributed by atoms with Crippen molar-refractivity contribution in [2.75, 3.05) is 6.54 Å². The summed E-state index contributed by atoms with van der Waals surface area (Å²) in [7, 11) is 0. The summed E-state index contributed by atoms with van der Waals surface area (Å²) >= 11 is 1.63. The largest absolute Gasteiger partial charge is 0.330 e. The summed E-state index contributed by atoms with van der Waals surface area (Å²) in [4.78, 5) is 5.65. The van der Waals surface area contributed by atoms with Crippen molar-refractivity contribution in [1.82, 2.24) is 9.38 Å². The number of nitrogens with two attached hydrogens (primary N) is 1. The first kappa shape index (κ1) is 11.4. The van der Waals surface area contributed by atoms with Crippen LogP contribution in [0.4, 0.5) is 4.39 Å². The quantitative estimate of drug-likeness (QED) is 0.787. The van der Waals surface area contributed by atoms with Crippen LogP contribution in [0.25, 0.3) is 16.2 Å². The van der Waals surface area contributed by atoms with Crippen molar-refractivity contribution in [1.29, 1.82) is 0 Å². The van der Waals surface area contributed by atoms with Gasteiger partial charge in [-0.25, -0.2) is 9.37 Å². The Balaban J connectivity index is 2.27. The van der Waals surface area contributed by atoms with Crippen molar-refractivity contribution in [3.05, 3.63) is 47.4 Å². The molecule has 18 heavy (non-hydrogen) atoms. The van der Waals surface area contributed by atoms with E-state index in [4.69, 9.17) is 5.73 Å². The second kappa shape index (κ2) is 4.51. The van der Waals surface area contributed by atoms with E-state index in [1.54, 1.807) is 21.8 Å². The Bertz CT molecular complexity index is 673. The van der Waals surface area contributed by atoms with E-state index in [9.17, 15) is 4.39 Å². The van der Waals surface area contributed by atoms with E-state index in [-0.39, 0.29) is 5.82 Å². The number of hydrogen-bond donors (Lipinski definition) is 1. The predicted molar refractivity (Wildman–Crippen MR) is 71.2 cm³/mol. The number of nitrogens with zero attached hydrogens (tertiary/aromatic N) is 2. The van der Waals surface area contributed by atoms with Crippen molar-refractivity contribution in [3.63, 3.8) is 0 Å². The van der Waals surface area contributed by atoms with E-state index in [0.29, 0.717) is 13.0 Å². The molecular weight excluding hydrogens is 249 g/mol. The van der Waals surface area contributed by atoms with Crippen molar-refractivity contribution in [2.45, 2.75) is 6.42 Å². The fourth-order valence-electron chi connectivity index (χ4n) is 2.05. The standard InChI is InChI=1S/C13H12FN3S/c14-9-3-4-12-16-13(11-2-1-7-18-11)10(5-6-15)17(12)8-9/h1-4,7-8H,5-6,15H2. The van der Waals surface area contributed by atoms with Gasteiger partial charge in [-0.3, -0.25) is 0 Å². The van der Waals surface area contributed by atoms with E-state index >= 15 is 0 Å². The van der Waals surface area contributed by atoms with Gasteiger partial charge in [-0.1, -0.05) is 6.07 Å². The van der Waals surface area contributed by atoms with Gasteiger partial charge < -0.3 is 10.1 Å². The number of imidazole rings is 1. The fourth-order valence-corrected chi connectivity index (χ4v) is 2.79. The normalized spacial score (nSPS) is 11.2. The lowest BCUT2D eigenvalue weighted by Gasteiger charge is -2.02. The molecule has 0 aliphatic carbocycles. The predicted octanol–water partition coefficient (Wildman–Crippen LogP) is 2.70. The van der Waals surface area contributed by atoms with Crippen molar-refractivity contribution < 1.29 is 4.39 Å². The minimum absolute atomic E-state index is 0.268. The van der Waals surface area contributed by atoms with Crippen LogP contribution in [0.15, 0.2) is 35.8 Å². The SMILES string of the molecule is NCCc1c(-c2cccs2)nc2ccc(F)cn12. The molecule has 0 amide bonds. The van der Waals surface area contributed by atoms with E-state index in [1.807, 2.05) is 17.5 Å². The molecule has 0 unspecified atom stereocenters. The second-order valence-corrected chi connectivity index (χ2v) is 4.95. The topological polar surface area (TPSA) is 43.3 Å². The molecule has 0 radical (unpaired) electrons. The van der Waals surface area contributed by atoms with Crippen LogP contribution in [0.5, 0.6) is 0 Å². The van der Waals surface area contributed by atoms with Crippen LogP contribution in [0.3, 0.4) is 0 Å². The van der Waals surface area contributed by atoms with Gasteiger partial charge in [0.2, 0.25) is 0 Å². The fraction of sp³-hybridized carbons (Fsp3) is 0.154. The number of pyridine rings is 1. The van der Waals surface area contributed by atoms with E-state index < -0.39 is 0 Å². The molecule has 0 saturated carbocycles. The van der Waals surface area contributed by atoms with Gasteiger partial charge in [-0.05, 0) is 30.1 Å². The maximum Gasteiger partial charge on any atom is 0.139 e. The van der Waals surface area contributed by atoms with Gasteiger partial charge in [-0.15, -0.1) is 11.3 Å². The van der Waals surface area contributed by atoms with Gasteiger partial charge in [0.15, 0.2) is 0 Å². The van der Waals surface area contributed by atoms with E-state index in [1.165, 1.54) is 12.3 Å². The van der Waals surface area contributed by atoms with Crippen LogP contribution < -0.4 is 5.73 Å². The van der Waals surface area contributed by atoms with Crippen molar-refractivity contribution in [3.8, 4) is 10.6 Å². The lowest BCUT2D eigenvalue weighted by atomic mass is 10.2. The van der Waals surface area contributed by atoms with Gasteiger partial charge in [-0.2, -0.15) is 0 Å². The smallest absolute Gasteiger partial charge is 0.139 e. The van der Waals surface area contributed by atoms with Gasteiger partial charge in [0, 0.05) is 12.6 Å². The lowest BCUT2D eigenvalue weighted by molar-refractivity contribution is 0.617. The molecule has 0 fully saturated rings. The number of aromatic nitrogens is 2. The Morgan fingerprint density at radius 1 is 1.33 bits per heavy atom. The Hall–Kier alpha value is -1.72. The maximum absolute atomic E-state index is 13.3. The third kappa shape index (κ3) is 1.81. The number of fused-ring (bicyclic) bond motifs is 1. The third-order valence-corrected chi connectivity index (χ3v) is 3.69. The molecule has 3 aromatic heterocycles. The first-order chi connectivity index (χ1) is 8.79. The zero-order chi connectivity index (χ0) is 12.5. The first-order valence-electron chi connectivity index (χ1n) is 5.70. The molecular formula is C13H12FN3S. The molecule has 5 heteroatoms. The zero-order valence-corrected chi connectivity index (χ0v) is 10.5. The lowest BCUT2D eigenvalue weighted by Crippen LogP contribution is -2.06. The Kier molecular flexibility index (Phi) is 2.85. The summed E-state index contributed by atoms with van der Waals surface area (Å²) in [5.41, 5.74) is 8.26. The van der Waals surface area contributed by atoms with Gasteiger partial charge in [0.1, 0.15) is 17.2 Å². The summed E-state index contributed by atoms with van der Waals surface area (Å²) in [5, 5.41) is 2.01. The highest BCUT2D eigenvalue weighted by atomic mass is 32.1. The number of halogens is 1. The summed E-state index contributed by atoms with van der Waals surface area (Å²) in [5.74, 6) is -0.268. The molecule has 2 N–H and O–H groups in total. The summed E-state index contributed by atoms with van der Waals surface area (Å²) in [6.07, 6.45) is 2.14. The molecule has 0 saturated heterocycles. The Morgan fingerprint density at radius 3 is 2.94 bits per heavy atom. The van der Waals surface area contributed by atoms with Crippen molar-refractivity contribution >= 4 is 17.0 Å². The van der Waals surface area contributed by atoms with Gasteiger partial charge in [0.25, 0.3) is 0 Å². The minimum Gasteiger partial charge on any atom is -0.330 e. The Labute approximate surface area is 108 Å². The molecule has 3 heterocycles. The number of rotatable bonds is 3. The van der Waals surface area contributed by atoms with Gasteiger partial charge in [0.05, 0.1) is 10.6 Å². The number of thiophene rings is 1. The van der Waals surface area contributed by atoms with Crippen LogP contribution in [0.1, 0.15) is 5.69 Å². The van der Waals surface area contributed by atoms with Crippen molar-refractivity contribution in [2.24, 2.45) is 5.73 Å². The van der Waals surface area contributed by atoms with E-state index in [2.05, 4.69) is 4.98 Å². The zero-order valence-electron chi connectivity index (χ0n) is 9.64. The van der Waals surface area contributed by atoms with E-state index in [0.717, 1.165) is 21.9 Å². The second-order valence-electron chi connectivity index (χ2n) is 4.00. The molecule has 0 aromatic carbocycles. The minimum atomic E-state index is -0.268. The highest BCUT2D eigenvalue weighted by Gasteiger charge is 2.14. The average molecular weight is 261 g/mol. The summed E-state index contributed by atoms with van der Waals surface area (Å²) in [6, 6.07) is 7.11. The molecule has 0 aliphatic rings. The highest BCUT2D eigenvalue weighted by Crippen LogP contribution is 2.28. The molecule has 3 nitrogen and oxygen atoms in total. The summed E-state index contributed by atoms with van der Waals surface area (Å²) in [6.45, 7) is 0.517. The molecule has 0 atom stereocenters. The van der Waals surface area contributed by atoms with Crippen LogP contribution >= 0.6 is 11.3 Å². The van der Waals surface area contributed by atoms with Gasteiger partial charge >= 0.3 is 0 Å². The molecule has 0 spiro atoms. The molecule has 3 rings (SSSR count). The van der Waals surface area contributed by atoms with Crippen LogP contribution in [-0.4, -0.2) is 15.9 Å². The maximum atomic E-state index is 13.3. The highest BCUT2D eigenvalue weighted by molar-refractivity contribution is 7.13. The summed E-state index contributed by atoms with van der Waals surface area (Å²) < 4.78 is 15.1. The van der Waals surface area contributed by atoms with Crippen LogP contribution in [0, 0.1) is 5.82 Å².